The maximum Gasteiger partial charge on any atom is 0.170 e. The number of carbonyl (C=O) groups is 1. The minimum Gasteiger partial charge on any atom is -0.495 e. The molecule has 0 aromatic heterocycles. The number of ketones is 1. The molecule has 0 aliphatic rings. The van der Waals surface area contributed by atoms with E-state index >= 15 is 0 Å². The topological polar surface area (TPSA) is 26.3 Å². The molecule has 20 heavy (non-hydrogen) atoms. The van der Waals surface area contributed by atoms with Crippen LogP contribution in [-0.4, -0.2) is 12.9 Å². The molecule has 2 aromatic rings. The molecular formula is C16H14Cl2O2. The molecule has 0 heterocycles. The van der Waals surface area contributed by atoms with Crippen LogP contribution in [-0.2, 0) is 0 Å². The number of benzene rings is 2. The number of carbonyl (C=O) groups excluding carboxylic acids is 1. The molecule has 0 bridgehead atoms. The molecule has 0 spiro atoms. The second-order valence-corrected chi connectivity index (χ2v) is 5.19. The highest BCUT2D eigenvalue weighted by molar-refractivity contribution is 6.43. The van der Waals surface area contributed by atoms with Crippen LogP contribution in [0, 0.1) is 0 Å². The van der Waals surface area contributed by atoms with Gasteiger partial charge < -0.3 is 4.74 Å². The summed E-state index contributed by atoms with van der Waals surface area (Å²) in [5, 5.41) is 0.696. The van der Waals surface area contributed by atoms with Crippen molar-refractivity contribution in [1.29, 1.82) is 0 Å². The molecule has 0 saturated carbocycles. The number of halogens is 2. The van der Waals surface area contributed by atoms with Crippen molar-refractivity contribution in [3.8, 4) is 5.75 Å². The number of Topliss-reactive ketones (excluding diaryl/α,β-unsaturated/α-hetero) is 1. The minimum absolute atomic E-state index is 0.00809. The lowest BCUT2D eigenvalue weighted by Crippen LogP contribution is -2.10. The summed E-state index contributed by atoms with van der Waals surface area (Å²) in [7, 11) is 1.52. The average molecular weight is 309 g/mol. The van der Waals surface area contributed by atoms with Crippen molar-refractivity contribution < 1.29 is 9.53 Å². The number of ether oxygens (including phenoxy) is 1. The minimum atomic E-state index is -0.367. The molecule has 104 valence electrons. The second-order valence-electron chi connectivity index (χ2n) is 4.44. The molecule has 0 amide bonds. The van der Waals surface area contributed by atoms with E-state index in [0.717, 1.165) is 0 Å². The molecule has 0 radical (unpaired) electrons. The van der Waals surface area contributed by atoms with E-state index in [1.54, 1.807) is 24.3 Å². The largest absolute Gasteiger partial charge is 0.495 e. The van der Waals surface area contributed by atoms with Crippen molar-refractivity contribution >= 4 is 29.0 Å². The van der Waals surface area contributed by atoms with E-state index < -0.39 is 0 Å². The van der Waals surface area contributed by atoms with Gasteiger partial charge in [0, 0.05) is 11.5 Å². The van der Waals surface area contributed by atoms with Gasteiger partial charge in [-0.3, -0.25) is 4.79 Å². The summed E-state index contributed by atoms with van der Waals surface area (Å²) in [6.45, 7) is 1.82. The smallest absolute Gasteiger partial charge is 0.170 e. The fourth-order valence-electron chi connectivity index (χ4n) is 2.03. The molecule has 0 aliphatic heterocycles. The molecule has 0 fully saturated rings. The van der Waals surface area contributed by atoms with Gasteiger partial charge in [-0.2, -0.15) is 0 Å². The predicted octanol–water partition coefficient (Wildman–Crippen LogP) is 4.99. The Bertz CT molecular complexity index is 624. The summed E-state index contributed by atoms with van der Waals surface area (Å²) in [4.78, 5) is 12.4. The zero-order valence-corrected chi connectivity index (χ0v) is 12.7. The van der Waals surface area contributed by atoms with Gasteiger partial charge in [0.1, 0.15) is 10.8 Å². The third-order valence-electron chi connectivity index (χ3n) is 3.21. The van der Waals surface area contributed by atoms with Gasteiger partial charge in [0.25, 0.3) is 0 Å². The van der Waals surface area contributed by atoms with Gasteiger partial charge >= 0.3 is 0 Å². The summed E-state index contributed by atoms with van der Waals surface area (Å²) in [6, 6.07) is 12.6. The molecule has 2 aromatic carbocycles. The van der Waals surface area contributed by atoms with E-state index in [-0.39, 0.29) is 11.7 Å². The Morgan fingerprint density at radius 2 is 1.70 bits per heavy atom. The molecule has 1 unspecified atom stereocenters. The van der Waals surface area contributed by atoms with E-state index in [2.05, 4.69) is 0 Å². The highest BCUT2D eigenvalue weighted by atomic mass is 35.5. The highest BCUT2D eigenvalue weighted by Crippen LogP contribution is 2.38. The SMILES string of the molecule is COc1ccc(C(C)C(=O)c2ccccc2)c(Cl)c1Cl. The quantitative estimate of drug-likeness (QED) is 0.744. The first-order valence-corrected chi connectivity index (χ1v) is 6.93. The normalized spacial score (nSPS) is 12.0. The van der Waals surface area contributed by atoms with E-state index in [1.165, 1.54) is 7.11 Å². The van der Waals surface area contributed by atoms with Crippen LogP contribution in [0.4, 0.5) is 0 Å². The highest BCUT2D eigenvalue weighted by Gasteiger charge is 2.22. The maximum atomic E-state index is 12.4. The van der Waals surface area contributed by atoms with Crippen LogP contribution in [0.25, 0.3) is 0 Å². The third-order valence-corrected chi connectivity index (χ3v) is 4.09. The zero-order chi connectivity index (χ0) is 14.7. The van der Waals surface area contributed by atoms with Crippen molar-refractivity contribution in [2.24, 2.45) is 0 Å². The van der Waals surface area contributed by atoms with Crippen LogP contribution >= 0.6 is 23.2 Å². The monoisotopic (exact) mass is 308 g/mol. The van der Waals surface area contributed by atoms with Crippen molar-refractivity contribution in [3.05, 3.63) is 63.6 Å². The zero-order valence-electron chi connectivity index (χ0n) is 11.2. The summed E-state index contributed by atoms with van der Waals surface area (Å²) < 4.78 is 5.10. The summed E-state index contributed by atoms with van der Waals surface area (Å²) >= 11 is 12.4. The first-order valence-electron chi connectivity index (χ1n) is 6.17. The first-order chi connectivity index (χ1) is 9.56. The van der Waals surface area contributed by atoms with Gasteiger partial charge in [-0.25, -0.2) is 0 Å². The summed E-state index contributed by atoms with van der Waals surface area (Å²) in [6.07, 6.45) is 0. The standard InChI is InChI=1S/C16H14Cl2O2/c1-10(16(19)11-6-4-3-5-7-11)12-8-9-13(20-2)15(18)14(12)17/h3-10H,1-2H3. The number of rotatable bonds is 4. The van der Waals surface area contributed by atoms with E-state index in [0.29, 0.717) is 26.9 Å². The fraction of sp³-hybridized carbons (Fsp3) is 0.188. The molecule has 2 nitrogen and oxygen atoms in total. The van der Waals surface area contributed by atoms with Crippen molar-refractivity contribution in [2.45, 2.75) is 12.8 Å². The summed E-state index contributed by atoms with van der Waals surface area (Å²) in [5.74, 6) is 0.141. The van der Waals surface area contributed by atoms with Crippen molar-refractivity contribution in [1.82, 2.24) is 0 Å². The molecule has 1 atom stereocenters. The molecule has 4 heteroatoms. The Morgan fingerprint density at radius 1 is 1.05 bits per heavy atom. The van der Waals surface area contributed by atoms with Gasteiger partial charge in [-0.15, -0.1) is 0 Å². The number of hydrogen-bond donors (Lipinski definition) is 0. The lowest BCUT2D eigenvalue weighted by molar-refractivity contribution is 0.0966. The van der Waals surface area contributed by atoms with Crippen LogP contribution in [0.1, 0.15) is 28.8 Å². The Balaban J connectivity index is 2.37. The molecule has 0 N–H and O–H groups in total. The molecular weight excluding hydrogens is 295 g/mol. The van der Waals surface area contributed by atoms with Crippen LogP contribution < -0.4 is 4.74 Å². The Hall–Kier alpha value is -1.51. The fourth-order valence-corrected chi connectivity index (χ4v) is 2.60. The molecule has 0 saturated heterocycles. The van der Waals surface area contributed by atoms with Gasteiger partial charge in [0.05, 0.1) is 12.1 Å². The van der Waals surface area contributed by atoms with Crippen molar-refractivity contribution in [2.75, 3.05) is 7.11 Å². The molecule has 0 aliphatic carbocycles. The van der Waals surface area contributed by atoms with Gasteiger partial charge in [0.2, 0.25) is 0 Å². The van der Waals surface area contributed by atoms with Crippen LogP contribution in [0.3, 0.4) is 0 Å². The number of hydrogen-bond acceptors (Lipinski definition) is 2. The lowest BCUT2D eigenvalue weighted by atomic mass is 9.92. The van der Waals surface area contributed by atoms with E-state index in [1.807, 2.05) is 25.1 Å². The van der Waals surface area contributed by atoms with Gasteiger partial charge in [0.15, 0.2) is 5.78 Å². The van der Waals surface area contributed by atoms with Gasteiger partial charge in [-0.05, 0) is 11.6 Å². The summed E-state index contributed by atoms with van der Waals surface area (Å²) in [5.41, 5.74) is 1.36. The third kappa shape index (κ3) is 2.82. The predicted molar refractivity (Wildman–Crippen MR) is 82.2 cm³/mol. The second kappa shape index (κ2) is 6.29. The maximum absolute atomic E-state index is 12.4. The van der Waals surface area contributed by atoms with Crippen LogP contribution in [0.15, 0.2) is 42.5 Å². The molecule has 2 rings (SSSR count). The Kier molecular flexibility index (Phi) is 4.69. The lowest BCUT2D eigenvalue weighted by Gasteiger charge is -2.15. The number of methoxy groups -OCH3 is 1. The van der Waals surface area contributed by atoms with Gasteiger partial charge in [-0.1, -0.05) is 66.5 Å². The average Bonchev–Trinajstić information content (AvgIpc) is 2.49. The van der Waals surface area contributed by atoms with Crippen molar-refractivity contribution in [3.63, 3.8) is 0 Å². The van der Waals surface area contributed by atoms with E-state index in [4.69, 9.17) is 27.9 Å². The van der Waals surface area contributed by atoms with Crippen LogP contribution in [0.2, 0.25) is 10.0 Å². The Labute approximate surface area is 128 Å². The first kappa shape index (κ1) is 14.9. The van der Waals surface area contributed by atoms with E-state index in [9.17, 15) is 4.79 Å². The Morgan fingerprint density at radius 3 is 2.30 bits per heavy atom. The van der Waals surface area contributed by atoms with Crippen LogP contribution in [0.5, 0.6) is 5.75 Å².